The van der Waals surface area contributed by atoms with E-state index in [2.05, 4.69) is 0 Å². The molecular formula is C52H66O13. The van der Waals surface area contributed by atoms with Crippen LogP contribution in [-0.2, 0) is 4.74 Å². The van der Waals surface area contributed by atoms with Crippen molar-refractivity contribution in [2.45, 2.75) is 77.0 Å². The molecule has 0 atom stereocenters. The summed E-state index contributed by atoms with van der Waals surface area (Å²) in [6.07, 6.45) is 9.19. The molecule has 0 aliphatic rings. The standard InChI is InChI=1S/C52H66O13/c1-57-37-25-19-26-38(58-2)45(37)49(53)35(50(54)46-39(59-3)27-20-28-40(46)60-4)23-15-11-9-13-17-33-65-34-18-14-10-12-16-24-36(51(55)47-41(61-5)29-21-30-42(47)62-6)52(56)48-43(63-7)31-22-32-44(48)64-8/h19-22,25-32,35-36H,9-18,23-24,33-34H2,1-8H3. The van der Waals surface area contributed by atoms with E-state index in [9.17, 15) is 19.2 Å². The van der Waals surface area contributed by atoms with Crippen LogP contribution in [0.4, 0.5) is 0 Å². The van der Waals surface area contributed by atoms with Gasteiger partial charge in [-0.1, -0.05) is 75.6 Å². The topological polar surface area (TPSA) is 151 Å². The Morgan fingerprint density at radius 3 is 0.738 bits per heavy atom. The van der Waals surface area contributed by atoms with E-state index < -0.39 is 11.8 Å². The number of Topliss-reactive ketones (excluding diaryl/α,β-unsaturated/α-hetero) is 4. The normalized spacial score (nSPS) is 11.0. The smallest absolute Gasteiger partial charge is 0.181 e. The zero-order valence-corrected chi connectivity index (χ0v) is 39.3. The van der Waals surface area contributed by atoms with Crippen LogP contribution in [0.5, 0.6) is 46.0 Å². The Morgan fingerprint density at radius 2 is 0.523 bits per heavy atom. The van der Waals surface area contributed by atoms with Crippen molar-refractivity contribution in [2.75, 3.05) is 70.1 Å². The van der Waals surface area contributed by atoms with Gasteiger partial charge in [0.05, 0.1) is 68.7 Å². The number of methoxy groups -OCH3 is 8. The maximum atomic E-state index is 14.2. The van der Waals surface area contributed by atoms with Crippen LogP contribution >= 0.6 is 0 Å². The molecule has 0 aliphatic heterocycles. The molecule has 65 heavy (non-hydrogen) atoms. The number of hydrogen-bond acceptors (Lipinski definition) is 13. The number of ketones is 4. The highest BCUT2D eigenvalue weighted by Crippen LogP contribution is 2.39. The number of ether oxygens (including phenoxy) is 9. The first-order valence-corrected chi connectivity index (χ1v) is 22.2. The van der Waals surface area contributed by atoms with Gasteiger partial charge in [0, 0.05) is 13.2 Å². The van der Waals surface area contributed by atoms with Crippen LogP contribution in [0.25, 0.3) is 0 Å². The molecular weight excluding hydrogens is 833 g/mol. The third-order valence-electron chi connectivity index (χ3n) is 11.5. The van der Waals surface area contributed by atoms with Crippen molar-refractivity contribution in [3.63, 3.8) is 0 Å². The SMILES string of the molecule is COc1cccc(OC)c1C(=O)C(CCCCCCCOCCCCCCCC(C(=O)c1c(OC)cccc1OC)C(=O)c1c(OC)cccc1OC)C(=O)c1c(OC)cccc1OC. The van der Waals surface area contributed by atoms with Crippen LogP contribution < -0.4 is 37.9 Å². The molecule has 0 spiro atoms. The predicted molar refractivity (Wildman–Crippen MR) is 249 cm³/mol. The van der Waals surface area contributed by atoms with Crippen LogP contribution in [-0.4, -0.2) is 93.2 Å². The van der Waals surface area contributed by atoms with E-state index in [0.29, 0.717) is 84.9 Å². The van der Waals surface area contributed by atoms with Gasteiger partial charge in [0.1, 0.15) is 68.2 Å². The predicted octanol–water partition coefficient (Wildman–Crippen LogP) is 10.5. The van der Waals surface area contributed by atoms with Crippen molar-refractivity contribution in [3.8, 4) is 46.0 Å². The molecule has 0 bridgehead atoms. The van der Waals surface area contributed by atoms with E-state index in [0.717, 1.165) is 51.4 Å². The highest BCUT2D eigenvalue weighted by atomic mass is 16.5. The molecule has 0 aromatic heterocycles. The van der Waals surface area contributed by atoms with Gasteiger partial charge in [-0.2, -0.15) is 0 Å². The summed E-state index contributed by atoms with van der Waals surface area (Å²) >= 11 is 0. The molecule has 4 aromatic carbocycles. The van der Waals surface area contributed by atoms with Gasteiger partial charge >= 0.3 is 0 Å². The Balaban J connectivity index is 1.23. The third-order valence-corrected chi connectivity index (χ3v) is 11.5. The molecule has 0 unspecified atom stereocenters. The summed E-state index contributed by atoms with van der Waals surface area (Å²) in [5.74, 6) is -0.844. The molecule has 0 N–H and O–H groups in total. The highest BCUT2D eigenvalue weighted by Gasteiger charge is 2.36. The van der Waals surface area contributed by atoms with E-state index in [1.807, 2.05) is 0 Å². The fourth-order valence-corrected chi connectivity index (χ4v) is 8.10. The number of unbranched alkanes of at least 4 members (excludes halogenated alkanes) is 8. The second kappa shape index (κ2) is 27.3. The number of benzene rings is 4. The molecule has 4 rings (SSSR count). The van der Waals surface area contributed by atoms with Gasteiger partial charge in [-0.05, 0) is 74.2 Å². The van der Waals surface area contributed by atoms with E-state index in [4.69, 9.17) is 42.6 Å². The Hall–Kier alpha value is -6.08. The van der Waals surface area contributed by atoms with Crippen molar-refractivity contribution in [1.29, 1.82) is 0 Å². The van der Waals surface area contributed by atoms with Crippen LogP contribution in [0, 0.1) is 11.8 Å². The molecule has 0 amide bonds. The van der Waals surface area contributed by atoms with Crippen LogP contribution in [0.15, 0.2) is 72.8 Å². The first kappa shape index (κ1) is 51.6. The molecule has 13 nitrogen and oxygen atoms in total. The summed E-state index contributed by atoms with van der Waals surface area (Å²) in [5.41, 5.74) is 0.914. The molecule has 0 fully saturated rings. The Kier molecular flexibility index (Phi) is 21.6. The van der Waals surface area contributed by atoms with Crippen LogP contribution in [0.1, 0.15) is 118 Å². The van der Waals surface area contributed by atoms with Gasteiger partial charge in [-0.15, -0.1) is 0 Å². The van der Waals surface area contributed by atoms with Gasteiger partial charge in [0.15, 0.2) is 23.1 Å². The molecule has 0 aliphatic carbocycles. The minimum atomic E-state index is -1.01. The fourth-order valence-electron chi connectivity index (χ4n) is 8.10. The summed E-state index contributed by atoms with van der Waals surface area (Å²) in [7, 11) is 11.9. The molecule has 0 heterocycles. The lowest BCUT2D eigenvalue weighted by atomic mass is 9.84. The summed E-state index contributed by atoms with van der Waals surface area (Å²) in [4.78, 5) is 56.9. The number of hydrogen-bond donors (Lipinski definition) is 0. The van der Waals surface area contributed by atoms with Gasteiger partial charge in [-0.3, -0.25) is 19.2 Å². The highest BCUT2D eigenvalue weighted by molar-refractivity contribution is 6.20. The summed E-state index contributed by atoms with van der Waals surface area (Å²) in [6.45, 7) is 1.29. The lowest BCUT2D eigenvalue weighted by molar-refractivity contribution is 0.0774. The molecule has 0 radical (unpaired) electrons. The van der Waals surface area contributed by atoms with E-state index in [1.54, 1.807) is 72.8 Å². The Bertz CT molecular complexity index is 1790. The first-order valence-electron chi connectivity index (χ1n) is 22.2. The lowest BCUT2D eigenvalue weighted by Gasteiger charge is -2.20. The van der Waals surface area contributed by atoms with E-state index >= 15 is 0 Å². The van der Waals surface area contributed by atoms with Crippen molar-refractivity contribution >= 4 is 23.1 Å². The Labute approximate surface area is 383 Å². The fraction of sp³-hybridized carbons (Fsp3) is 0.462. The average molecular weight is 899 g/mol. The van der Waals surface area contributed by atoms with Crippen molar-refractivity contribution in [1.82, 2.24) is 0 Å². The number of rotatable bonds is 32. The second-order valence-corrected chi connectivity index (χ2v) is 15.4. The van der Waals surface area contributed by atoms with E-state index in [1.165, 1.54) is 56.9 Å². The largest absolute Gasteiger partial charge is 0.496 e. The molecule has 352 valence electrons. The monoisotopic (exact) mass is 898 g/mol. The van der Waals surface area contributed by atoms with Gasteiger partial charge < -0.3 is 42.6 Å². The molecule has 0 saturated heterocycles. The minimum absolute atomic E-state index is 0.228. The lowest BCUT2D eigenvalue weighted by Crippen LogP contribution is -2.26. The van der Waals surface area contributed by atoms with E-state index in [-0.39, 0.29) is 45.4 Å². The summed E-state index contributed by atoms with van der Waals surface area (Å²) in [5, 5.41) is 0. The summed E-state index contributed by atoms with van der Waals surface area (Å²) in [6, 6.07) is 20.4. The van der Waals surface area contributed by atoms with Gasteiger partial charge in [-0.25, -0.2) is 0 Å². The first-order chi connectivity index (χ1) is 31.6. The second-order valence-electron chi connectivity index (χ2n) is 15.4. The zero-order chi connectivity index (χ0) is 47.1. The quantitative estimate of drug-likeness (QED) is 0.0260. The number of carbonyl (C=O) groups excluding carboxylic acids is 4. The Morgan fingerprint density at radius 1 is 0.323 bits per heavy atom. The van der Waals surface area contributed by atoms with Crippen LogP contribution in [0.3, 0.4) is 0 Å². The van der Waals surface area contributed by atoms with Gasteiger partial charge in [0.25, 0.3) is 0 Å². The third kappa shape index (κ3) is 13.5. The van der Waals surface area contributed by atoms with Crippen molar-refractivity contribution < 1.29 is 61.8 Å². The number of carbonyl (C=O) groups is 4. The molecule has 4 aromatic rings. The maximum Gasteiger partial charge on any atom is 0.181 e. The van der Waals surface area contributed by atoms with Crippen molar-refractivity contribution in [2.24, 2.45) is 11.8 Å². The summed E-state index contributed by atoms with van der Waals surface area (Å²) < 4.78 is 50.2. The zero-order valence-electron chi connectivity index (χ0n) is 39.3. The maximum absolute atomic E-state index is 14.2. The minimum Gasteiger partial charge on any atom is -0.496 e. The van der Waals surface area contributed by atoms with Gasteiger partial charge in [0.2, 0.25) is 0 Å². The van der Waals surface area contributed by atoms with Crippen LogP contribution in [0.2, 0.25) is 0 Å². The average Bonchev–Trinajstić information content (AvgIpc) is 3.35. The molecule has 13 heteroatoms. The molecule has 0 saturated carbocycles. The van der Waals surface area contributed by atoms with Crippen molar-refractivity contribution in [3.05, 3.63) is 95.1 Å².